The monoisotopic (exact) mass is 330 g/mol. The third kappa shape index (κ3) is 3.85. The highest BCUT2D eigenvalue weighted by molar-refractivity contribution is 6.05. The van der Waals surface area contributed by atoms with Crippen molar-refractivity contribution in [2.75, 3.05) is 19.0 Å². The number of methoxy groups -OCH3 is 1. The van der Waals surface area contributed by atoms with E-state index in [1.54, 1.807) is 20.2 Å². The van der Waals surface area contributed by atoms with Crippen LogP contribution in [0.3, 0.4) is 0 Å². The number of pyridine rings is 1. The van der Waals surface area contributed by atoms with Crippen molar-refractivity contribution in [3.05, 3.63) is 30.5 Å². The number of nitrogens with zero attached hydrogens (tertiary/aromatic N) is 1. The SMILES string of the molecule is CCCCOc1ccc(NC(=O)[C@](C)(CC)OC)c2cccnc12. The van der Waals surface area contributed by atoms with Gasteiger partial charge in [0.05, 0.1) is 12.3 Å². The molecule has 0 saturated heterocycles. The van der Waals surface area contributed by atoms with Gasteiger partial charge in [0.25, 0.3) is 5.91 Å². The summed E-state index contributed by atoms with van der Waals surface area (Å²) in [5, 5.41) is 3.82. The van der Waals surface area contributed by atoms with Crippen molar-refractivity contribution >= 4 is 22.5 Å². The molecule has 0 fully saturated rings. The summed E-state index contributed by atoms with van der Waals surface area (Å²) in [6.07, 6.45) is 4.39. The highest BCUT2D eigenvalue weighted by Gasteiger charge is 2.31. The molecular weight excluding hydrogens is 304 g/mol. The molecule has 0 bridgehead atoms. The van der Waals surface area contributed by atoms with Crippen LogP contribution in [0, 0.1) is 0 Å². The standard InChI is InChI=1S/C19H26N2O3/c1-5-7-13-24-16-11-10-15(14-9-8-12-20-17(14)16)21-18(22)19(3,6-2)23-4/h8-12H,5-7,13H2,1-4H3,(H,21,22)/t19-/m0/s1. The molecule has 0 spiro atoms. The van der Waals surface area contributed by atoms with Gasteiger partial charge in [-0.1, -0.05) is 20.3 Å². The molecule has 24 heavy (non-hydrogen) atoms. The maximum absolute atomic E-state index is 12.5. The smallest absolute Gasteiger partial charge is 0.256 e. The van der Waals surface area contributed by atoms with Gasteiger partial charge in [-0.05, 0) is 44.0 Å². The van der Waals surface area contributed by atoms with Gasteiger partial charge in [-0.2, -0.15) is 0 Å². The lowest BCUT2D eigenvalue weighted by atomic mass is 10.0. The van der Waals surface area contributed by atoms with E-state index in [9.17, 15) is 4.79 Å². The highest BCUT2D eigenvalue weighted by Crippen LogP contribution is 2.31. The van der Waals surface area contributed by atoms with E-state index in [4.69, 9.17) is 9.47 Å². The lowest BCUT2D eigenvalue weighted by Crippen LogP contribution is -2.41. The Labute approximate surface area is 143 Å². The van der Waals surface area contributed by atoms with E-state index in [2.05, 4.69) is 17.2 Å². The van der Waals surface area contributed by atoms with Crippen LogP contribution in [0.25, 0.3) is 10.9 Å². The predicted molar refractivity (Wildman–Crippen MR) is 96.5 cm³/mol. The third-order valence-electron chi connectivity index (χ3n) is 4.34. The zero-order valence-electron chi connectivity index (χ0n) is 14.9. The van der Waals surface area contributed by atoms with Crippen LogP contribution in [-0.4, -0.2) is 30.2 Å². The van der Waals surface area contributed by atoms with Crippen LogP contribution in [0.4, 0.5) is 5.69 Å². The Morgan fingerprint density at radius 2 is 2.08 bits per heavy atom. The molecule has 1 atom stereocenters. The first kappa shape index (κ1) is 18.2. The molecule has 2 aromatic rings. The Morgan fingerprint density at radius 1 is 1.29 bits per heavy atom. The van der Waals surface area contributed by atoms with Crippen LogP contribution in [0.15, 0.2) is 30.5 Å². The van der Waals surface area contributed by atoms with Gasteiger partial charge in [-0.15, -0.1) is 0 Å². The highest BCUT2D eigenvalue weighted by atomic mass is 16.5. The predicted octanol–water partition coefficient (Wildman–Crippen LogP) is 4.17. The number of aromatic nitrogens is 1. The quantitative estimate of drug-likeness (QED) is 0.738. The molecule has 2 rings (SSSR count). The molecule has 0 unspecified atom stereocenters. The van der Waals surface area contributed by atoms with E-state index in [0.29, 0.717) is 18.7 Å². The molecule has 1 heterocycles. The second kappa shape index (κ2) is 8.11. The molecule has 0 saturated carbocycles. The first-order chi connectivity index (χ1) is 11.6. The largest absolute Gasteiger partial charge is 0.491 e. The molecule has 1 aromatic heterocycles. The number of ether oxygens (including phenoxy) is 2. The number of amides is 1. The van der Waals surface area contributed by atoms with Crippen LogP contribution < -0.4 is 10.1 Å². The van der Waals surface area contributed by atoms with Gasteiger partial charge in [0.15, 0.2) is 0 Å². The second-order valence-electron chi connectivity index (χ2n) is 5.96. The lowest BCUT2D eigenvalue weighted by Gasteiger charge is -2.25. The molecule has 0 radical (unpaired) electrons. The molecule has 5 heteroatoms. The molecule has 0 aliphatic heterocycles. The normalized spacial score (nSPS) is 13.5. The van der Waals surface area contributed by atoms with Crippen molar-refractivity contribution in [1.29, 1.82) is 0 Å². The molecule has 0 aliphatic rings. The maximum atomic E-state index is 12.5. The number of rotatable bonds is 8. The molecule has 130 valence electrons. The zero-order valence-corrected chi connectivity index (χ0v) is 14.9. The minimum absolute atomic E-state index is 0.169. The molecule has 0 aliphatic carbocycles. The van der Waals surface area contributed by atoms with Crippen LogP contribution in [0.2, 0.25) is 0 Å². The molecule has 1 N–H and O–H groups in total. The van der Waals surface area contributed by atoms with Crippen LogP contribution in [0.5, 0.6) is 5.75 Å². The summed E-state index contributed by atoms with van der Waals surface area (Å²) in [4.78, 5) is 17.0. The summed E-state index contributed by atoms with van der Waals surface area (Å²) in [6, 6.07) is 7.50. The average Bonchev–Trinajstić information content (AvgIpc) is 2.62. The van der Waals surface area contributed by atoms with Crippen LogP contribution in [0.1, 0.15) is 40.0 Å². The van der Waals surface area contributed by atoms with Gasteiger partial charge in [0, 0.05) is 18.7 Å². The lowest BCUT2D eigenvalue weighted by molar-refractivity contribution is -0.136. The molecular formula is C19H26N2O3. The van der Waals surface area contributed by atoms with Gasteiger partial charge in [-0.25, -0.2) is 0 Å². The van der Waals surface area contributed by atoms with Gasteiger partial charge in [0.1, 0.15) is 16.9 Å². The van der Waals surface area contributed by atoms with E-state index in [0.717, 1.165) is 29.5 Å². The number of nitrogens with one attached hydrogen (secondary N) is 1. The Kier molecular flexibility index (Phi) is 6.15. The summed E-state index contributed by atoms with van der Waals surface area (Å²) in [7, 11) is 1.55. The van der Waals surface area contributed by atoms with E-state index >= 15 is 0 Å². The summed E-state index contributed by atoms with van der Waals surface area (Å²) < 4.78 is 11.2. The number of hydrogen-bond acceptors (Lipinski definition) is 4. The second-order valence-corrected chi connectivity index (χ2v) is 5.96. The first-order valence-electron chi connectivity index (χ1n) is 8.42. The van der Waals surface area contributed by atoms with Crippen molar-refractivity contribution in [2.24, 2.45) is 0 Å². The van der Waals surface area contributed by atoms with E-state index in [1.807, 2.05) is 31.2 Å². The summed E-state index contributed by atoms with van der Waals surface area (Å²) in [5.41, 5.74) is 0.606. The van der Waals surface area contributed by atoms with Crippen molar-refractivity contribution in [1.82, 2.24) is 4.98 Å². The maximum Gasteiger partial charge on any atom is 0.256 e. The Hall–Kier alpha value is -2.14. The summed E-state index contributed by atoms with van der Waals surface area (Å²) in [6.45, 7) is 6.49. The number of carbonyl (C=O) groups excluding carboxylic acids is 1. The molecule has 1 amide bonds. The minimum atomic E-state index is -0.856. The van der Waals surface area contributed by atoms with Crippen molar-refractivity contribution in [2.45, 2.75) is 45.6 Å². The van der Waals surface area contributed by atoms with Crippen molar-refractivity contribution in [3.8, 4) is 5.75 Å². The molecule has 5 nitrogen and oxygen atoms in total. The third-order valence-corrected chi connectivity index (χ3v) is 4.34. The number of unbranched alkanes of at least 4 members (excludes halogenated alkanes) is 1. The van der Waals surface area contributed by atoms with Gasteiger partial charge in [-0.3, -0.25) is 9.78 Å². The van der Waals surface area contributed by atoms with Gasteiger partial charge < -0.3 is 14.8 Å². The summed E-state index contributed by atoms with van der Waals surface area (Å²) in [5.74, 6) is 0.569. The van der Waals surface area contributed by atoms with Gasteiger partial charge in [0.2, 0.25) is 0 Å². The Balaban J connectivity index is 2.32. The number of anilines is 1. The topological polar surface area (TPSA) is 60.5 Å². The Morgan fingerprint density at radius 3 is 2.75 bits per heavy atom. The number of carbonyl (C=O) groups is 1. The molecule has 1 aromatic carbocycles. The fraction of sp³-hybridized carbons (Fsp3) is 0.474. The van der Waals surface area contributed by atoms with Crippen molar-refractivity contribution in [3.63, 3.8) is 0 Å². The fourth-order valence-electron chi connectivity index (χ4n) is 2.35. The van der Waals surface area contributed by atoms with E-state index in [-0.39, 0.29) is 5.91 Å². The van der Waals surface area contributed by atoms with E-state index in [1.165, 1.54) is 0 Å². The number of benzene rings is 1. The fourth-order valence-corrected chi connectivity index (χ4v) is 2.35. The minimum Gasteiger partial charge on any atom is -0.491 e. The number of hydrogen-bond donors (Lipinski definition) is 1. The van der Waals surface area contributed by atoms with E-state index < -0.39 is 5.60 Å². The van der Waals surface area contributed by atoms with Crippen molar-refractivity contribution < 1.29 is 14.3 Å². The van der Waals surface area contributed by atoms with Gasteiger partial charge >= 0.3 is 0 Å². The number of fused-ring (bicyclic) bond motifs is 1. The first-order valence-corrected chi connectivity index (χ1v) is 8.42. The van der Waals surface area contributed by atoms with Crippen LogP contribution in [-0.2, 0) is 9.53 Å². The Bertz CT molecular complexity index is 696. The van der Waals surface area contributed by atoms with Crippen LogP contribution >= 0.6 is 0 Å². The zero-order chi connectivity index (χ0) is 17.6. The summed E-state index contributed by atoms with van der Waals surface area (Å²) >= 11 is 0. The average molecular weight is 330 g/mol.